The molecule has 1 aliphatic carbocycles. The fourth-order valence-corrected chi connectivity index (χ4v) is 5.65. The molecule has 2 atom stereocenters. The second-order valence-electron chi connectivity index (χ2n) is 9.90. The number of aromatic amines is 1. The molecule has 5 rings (SSSR count). The van der Waals surface area contributed by atoms with Crippen LogP contribution in [0.1, 0.15) is 58.8 Å². The highest BCUT2D eigenvalue weighted by Crippen LogP contribution is 2.40. The maximum Gasteiger partial charge on any atom is 0.335 e. The van der Waals surface area contributed by atoms with Crippen molar-refractivity contribution in [2.45, 2.75) is 63.2 Å². The third-order valence-electron chi connectivity index (χ3n) is 7.51. The summed E-state index contributed by atoms with van der Waals surface area (Å²) < 4.78 is 32.5. The molecule has 186 valence electrons. The lowest BCUT2D eigenvalue weighted by Gasteiger charge is -2.44. The topological polar surface area (TPSA) is 77.6 Å². The number of ether oxygens (including phenoxy) is 1. The highest BCUT2D eigenvalue weighted by Gasteiger charge is 2.46. The summed E-state index contributed by atoms with van der Waals surface area (Å²) in [6.07, 6.45) is 3.36. The van der Waals surface area contributed by atoms with Crippen molar-refractivity contribution in [1.82, 2.24) is 15.2 Å². The van der Waals surface area contributed by atoms with Gasteiger partial charge < -0.3 is 20.1 Å². The summed E-state index contributed by atoms with van der Waals surface area (Å²) >= 11 is 0. The van der Waals surface area contributed by atoms with Crippen LogP contribution in [0.25, 0.3) is 10.9 Å². The van der Waals surface area contributed by atoms with Gasteiger partial charge in [-0.15, -0.1) is 0 Å². The Labute approximate surface area is 203 Å². The number of hydrogen-bond donors (Lipinski definition) is 3. The summed E-state index contributed by atoms with van der Waals surface area (Å²) in [6, 6.07) is 11.1. The van der Waals surface area contributed by atoms with Crippen LogP contribution in [0, 0.1) is 6.92 Å². The molecule has 2 aliphatic rings. The van der Waals surface area contributed by atoms with E-state index >= 15 is 0 Å². The number of aromatic carboxylic acids is 1. The fraction of sp³-hybridized carbons (Fsp3) is 0.444. The number of alkyl halides is 2. The SMILES string of the molecule is COc1cc(C)c2[nH]ccc2c1CN1CC[C@@H](NC2CC(F)(F)C2)C[C@H]1c1ccc(C(=O)O)cc1. The molecule has 2 heterocycles. The Morgan fingerprint density at radius 3 is 2.63 bits per heavy atom. The van der Waals surface area contributed by atoms with E-state index in [1.54, 1.807) is 19.2 Å². The van der Waals surface area contributed by atoms with E-state index in [4.69, 9.17) is 4.74 Å². The number of nitrogens with one attached hydrogen (secondary N) is 2. The van der Waals surface area contributed by atoms with Crippen LogP contribution >= 0.6 is 0 Å². The van der Waals surface area contributed by atoms with E-state index in [2.05, 4.69) is 34.3 Å². The summed E-state index contributed by atoms with van der Waals surface area (Å²) in [5.41, 5.74) is 4.58. The predicted molar refractivity (Wildman–Crippen MR) is 130 cm³/mol. The van der Waals surface area contributed by atoms with Crippen molar-refractivity contribution in [3.63, 3.8) is 0 Å². The third-order valence-corrected chi connectivity index (χ3v) is 7.51. The fourth-order valence-electron chi connectivity index (χ4n) is 5.65. The minimum Gasteiger partial charge on any atom is -0.496 e. The number of carbonyl (C=O) groups is 1. The van der Waals surface area contributed by atoms with Gasteiger partial charge in [0.2, 0.25) is 0 Å². The number of methoxy groups -OCH3 is 1. The van der Waals surface area contributed by atoms with Crippen LogP contribution in [-0.4, -0.2) is 52.6 Å². The molecule has 6 nitrogen and oxygen atoms in total. The minimum atomic E-state index is -2.55. The van der Waals surface area contributed by atoms with Gasteiger partial charge in [0.15, 0.2) is 0 Å². The average molecular weight is 484 g/mol. The molecule has 1 saturated heterocycles. The molecule has 1 aliphatic heterocycles. The quantitative estimate of drug-likeness (QED) is 0.427. The number of fused-ring (bicyclic) bond motifs is 1. The molecule has 3 N–H and O–H groups in total. The first kappa shape index (κ1) is 23.8. The van der Waals surface area contributed by atoms with E-state index in [1.807, 2.05) is 18.3 Å². The van der Waals surface area contributed by atoms with Crippen LogP contribution in [0.15, 0.2) is 42.6 Å². The van der Waals surface area contributed by atoms with Gasteiger partial charge in [0.05, 0.1) is 12.7 Å². The van der Waals surface area contributed by atoms with Crippen LogP contribution in [0.4, 0.5) is 8.78 Å². The van der Waals surface area contributed by atoms with E-state index in [0.29, 0.717) is 6.54 Å². The zero-order valence-corrected chi connectivity index (χ0v) is 20.0. The Hall–Kier alpha value is -2.97. The highest BCUT2D eigenvalue weighted by molar-refractivity contribution is 5.88. The lowest BCUT2D eigenvalue weighted by Crippen LogP contribution is -2.54. The first-order valence-electron chi connectivity index (χ1n) is 12.1. The number of nitrogens with zero attached hydrogens (tertiary/aromatic N) is 1. The number of likely N-dealkylation sites (tertiary alicyclic amines) is 1. The predicted octanol–water partition coefficient (Wildman–Crippen LogP) is 5.28. The summed E-state index contributed by atoms with van der Waals surface area (Å²) in [5, 5.41) is 13.9. The van der Waals surface area contributed by atoms with Crippen molar-refractivity contribution < 1.29 is 23.4 Å². The number of hydrogen-bond acceptors (Lipinski definition) is 4. The number of aryl methyl sites for hydroxylation is 1. The van der Waals surface area contributed by atoms with Gasteiger partial charge >= 0.3 is 5.97 Å². The van der Waals surface area contributed by atoms with Crippen LogP contribution in [0.5, 0.6) is 5.75 Å². The molecular formula is C27H31F2N3O3. The Kier molecular flexibility index (Phi) is 6.27. The van der Waals surface area contributed by atoms with Gasteiger partial charge in [-0.05, 0) is 55.2 Å². The molecule has 2 aromatic carbocycles. The smallest absolute Gasteiger partial charge is 0.335 e. The summed E-state index contributed by atoms with van der Waals surface area (Å²) in [6.45, 7) is 3.51. The van der Waals surface area contributed by atoms with Crippen LogP contribution in [0.3, 0.4) is 0 Å². The van der Waals surface area contributed by atoms with Gasteiger partial charge in [-0.3, -0.25) is 4.90 Å². The number of carboxylic acid groups (broad SMARTS) is 1. The normalized spacial score (nSPS) is 22.7. The molecule has 0 bridgehead atoms. The number of halogens is 2. The van der Waals surface area contributed by atoms with Crippen LogP contribution < -0.4 is 10.1 Å². The molecule has 3 aromatic rings. The van der Waals surface area contributed by atoms with Crippen molar-refractivity contribution in [3.05, 3.63) is 64.8 Å². The Balaban J connectivity index is 1.43. The number of rotatable bonds is 7. The van der Waals surface area contributed by atoms with E-state index in [0.717, 1.165) is 52.7 Å². The van der Waals surface area contributed by atoms with Crippen molar-refractivity contribution in [2.24, 2.45) is 0 Å². The van der Waals surface area contributed by atoms with E-state index in [9.17, 15) is 18.7 Å². The monoisotopic (exact) mass is 483 g/mol. The Morgan fingerprint density at radius 1 is 1.23 bits per heavy atom. The zero-order chi connectivity index (χ0) is 24.7. The lowest BCUT2D eigenvalue weighted by atomic mass is 9.85. The second kappa shape index (κ2) is 9.24. The largest absolute Gasteiger partial charge is 0.496 e. The molecule has 8 heteroatoms. The van der Waals surface area contributed by atoms with Crippen molar-refractivity contribution >= 4 is 16.9 Å². The van der Waals surface area contributed by atoms with Gasteiger partial charge in [0.1, 0.15) is 5.75 Å². The van der Waals surface area contributed by atoms with E-state index in [1.165, 1.54) is 0 Å². The average Bonchev–Trinajstić information content (AvgIpc) is 3.31. The van der Waals surface area contributed by atoms with Gasteiger partial charge in [-0.1, -0.05) is 12.1 Å². The summed E-state index contributed by atoms with van der Waals surface area (Å²) in [7, 11) is 1.68. The van der Waals surface area contributed by atoms with Crippen LogP contribution in [-0.2, 0) is 6.54 Å². The zero-order valence-electron chi connectivity index (χ0n) is 20.0. The highest BCUT2D eigenvalue weighted by atomic mass is 19.3. The number of piperidine rings is 1. The second-order valence-corrected chi connectivity index (χ2v) is 9.90. The van der Waals surface area contributed by atoms with E-state index < -0.39 is 11.9 Å². The van der Waals surface area contributed by atoms with Crippen LogP contribution in [0.2, 0.25) is 0 Å². The van der Waals surface area contributed by atoms with E-state index in [-0.39, 0.29) is 36.5 Å². The van der Waals surface area contributed by atoms with Crippen molar-refractivity contribution in [2.75, 3.05) is 13.7 Å². The lowest BCUT2D eigenvalue weighted by molar-refractivity contribution is -0.0965. The minimum absolute atomic E-state index is 0.0182. The molecule has 0 amide bonds. The first-order valence-corrected chi connectivity index (χ1v) is 12.1. The molecular weight excluding hydrogens is 452 g/mol. The number of benzene rings is 2. The molecule has 0 spiro atoms. The molecule has 1 saturated carbocycles. The van der Waals surface area contributed by atoms with Crippen molar-refractivity contribution in [3.8, 4) is 5.75 Å². The molecule has 2 fully saturated rings. The first-order chi connectivity index (χ1) is 16.7. The Morgan fingerprint density at radius 2 is 1.97 bits per heavy atom. The third kappa shape index (κ3) is 4.77. The number of H-pyrrole nitrogens is 1. The number of carboxylic acids is 1. The molecule has 35 heavy (non-hydrogen) atoms. The van der Waals surface area contributed by atoms with Gasteiger partial charge in [0, 0.05) is 66.7 Å². The maximum atomic E-state index is 13.4. The maximum absolute atomic E-state index is 13.4. The standard InChI is InChI=1S/C27H31F2N3O3/c1-16-11-24(35-2)22(21-7-9-30-25(16)21)15-32-10-8-19(31-20-13-27(28,29)14-20)12-23(32)17-3-5-18(6-4-17)26(33)34/h3-7,9,11,19-20,23,30-31H,8,10,12-15H2,1-2H3,(H,33,34)/t19-,23+/m1/s1. The van der Waals surface area contributed by atoms with Crippen molar-refractivity contribution in [1.29, 1.82) is 0 Å². The molecule has 0 radical (unpaired) electrons. The Bertz CT molecular complexity index is 1220. The summed E-state index contributed by atoms with van der Waals surface area (Å²) in [5.74, 6) is -2.66. The van der Waals surface area contributed by atoms with Gasteiger partial charge in [0.25, 0.3) is 5.92 Å². The number of aromatic nitrogens is 1. The van der Waals surface area contributed by atoms with Gasteiger partial charge in [-0.2, -0.15) is 0 Å². The van der Waals surface area contributed by atoms with Gasteiger partial charge in [-0.25, -0.2) is 13.6 Å². The summed E-state index contributed by atoms with van der Waals surface area (Å²) in [4.78, 5) is 17.1. The molecule has 1 aromatic heterocycles. The molecule has 0 unspecified atom stereocenters.